The van der Waals surface area contributed by atoms with Gasteiger partial charge >= 0.3 is 6.18 Å². The molecule has 2 rings (SSSR count). The van der Waals surface area contributed by atoms with Gasteiger partial charge in [-0.3, -0.25) is 4.79 Å². The number of benzene rings is 1. The van der Waals surface area contributed by atoms with Crippen molar-refractivity contribution >= 4 is 5.78 Å². The highest BCUT2D eigenvalue weighted by Crippen LogP contribution is 2.35. The zero-order valence-electron chi connectivity index (χ0n) is 11.5. The molecule has 0 aromatic heterocycles. The van der Waals surface area contributed by atoms with Crippen molar-refractivity contribution in [3.63, 3.8) is 0 Å². The number of hydrogen-bond donors (Lipinski definition) is 1. The van der Waals surface area contributed by atoms with Gasteiger partial charge in [-0.2, -0.15) is 13.2 Å². The molecule has 7 heteroatoms. The molecule has 1 aromatic carbocycles. The molecule has 1 unspecified atom stereocenters. The molecule has 0 amide bonds. The van der Waals surface area contributed by atoms with Gasteiger partial charge in [0, 0.05) is 6.07 Å². The largest absolute Gasteiger partial charge is 0.490 e. The summed E-state index contributed by atoms with van der Waals surface area (Å²) in [5.74, 6) is 0.279. The number of halogens is 3. The molecule has 0 saturated carbocycles. The lowest BCUT2D eigenvalue weighted by Gasteiger charge is -2.31. The van der Waals surface area contributed by atoms with Crippen LogP contribution < -0.4 is 9.47 Å². The molecule has 1 aliphatic rings. The summed E-state index contributed by atoms with van der Waals surface area (Å²) in [5.41, 5.74) is -0.299. The first-order valence-electron chi connectivity index (χ1n) is 6.32. The number of alkyl halides is 3. The van der Waals surface area contributed by atoms with E-state index in [1.807, 2.05) is 0 Å². The third-order valence-corrected chi connectivity index (χ3v) is 3.01. The minimum atomic E-state index is -4.73. The predicted molar refractivity (Wildman–Crippen MR) is 67.7 cm³/mol. The van der Waals surface area contributed by atoms with E-state index >= 15 is 0 Å². The number of aliphatic hydroxyl groups excluding tert-OH is 1. The predicted octanol–water partition coefficient (Wildman–Crippen LogP) is 2.73. The van der Waals surface area contributed by atoms with Crippen molar-refractivity contribution in [2.45, 2.75) is 38.1 Å². The van der Waals surface area contributed by atoms with E-state index < -0.39 is 24.5 Å². The summed E-state index contributed by atoms with van der Waals surface area (Å²) >= 11 is 0. The lowest BCUT2D eigenvalue weighted by Crippen LogP contribution is -2.36. The Morgan fingerprint density at radius 1 is 1.43 bits per heavy atom. The summed E-state index contributed by atoms with van der Waals surface area (Å²) in [7, 11) is 0. The van der Waals surface area contributed by atoms with Gasteiger partial charge in [-0.05, 0) is 26.0 Å². The molecule has 0 radical (unpaired) electrons. The molecular formula is C14H15F3O4. The Morgan fingerprint density at radius 3 is 2.71 bits per heavy atom. The first-order chi connectivity index (χ1) is 9.58. The number of ether oxygens (including phenoxy) is 2. The van der Waals surface area contributed by atoms with Crippen LogP contribution in [0.5, 0.6) is 11.5 Å². The van der Waals surface area contributed by atoms with E-state index in [0.29, 0.717) is 5.56 Å². The molecular weight excluding hydrogens is 289 g/mol. The Bertz CT molecular complexity index is 552. The maximum Gasteiger partial charge on any atom is 0.417 e. The van der Waals surface area contributed by atoms with Crippen molar-refractivity contribution in [2.75, 3.05) is 6.61 Å². The molecule has 0 bridgehead atoms. The summed E-state index contributed by atoms with van der Waals surface area (Å²) in [6.07, 6.45) is -7.07. The standard InChI is InChI=1S/C14H15F3O4/c1-13(2)6-10(18)9-4-3-8(5-11(9)21-13)20-7-12(19)14(15,16)17/h3-5,12,19H,6-7H2,1-2H3. The highest BCUT2D eigenvalue weighted by atomic mass is 19.4. The molecule has 116 valence electrons. The summed E-state index contributed by atoms with van der Waals surface area (Å²) in [4.78, 5) is 11.9. The second-order valence-electron chi connectivity index (χ2n) is 5.49. The van der Waals surface area contributed by atoms with Crippen molar-refractivity contribution in [1.82, 2.24) is 0 Å². The Labute approximate surface area is 119 Å². The fourth-order valence-corrected chi connectivity index (χ4v) is 1.99. The van der Waals surface area contributed by atoms with Gasteiger partial charge in [0.2, 0.25) is 0 Å². The third kappa shape index (κ3) is 3.66. The van der Waals surface area contributed by atoms with Crippen molar-refractivity contribution in [1.29, 1.82) is 0 Å². The van der Waals surface area contributed by atoms with Crippen molar-refractivity contribution in [2.24, 2.45) is 0 Å². The minimum Gasteiger partial charge on any atom is -0.490 e. The zero-order chi connectivity index (χ0) is 15.8. The number of carbonyl (C=O) groups is 1. The Morgan fingerprint density at radius 2 is 2.10 bits per heavy atom. The molecule has 1 atom stereocenters. The van der Waals surface area contributed by atoms with Crippen LogP contribution >= 0.6 is 0 Å². The van der Waals surface area contributed by atoms with Gasteiger partial charge in [0.1, 0.15) is 23.7 Å². The van der Waals surface area contributed by atoms with Gasteiger partial charge in [0.05, 0.1) is 12.0 Å². The maximum atomic E-state index is 12.2. The van der Waals surface area contributed by atoms with Crippen LogP contribution in [0.15, 0.2) is 18.2 Å². The number of hydrogen-bond acceptors (Lipinski definition) is 4. The Kier molecular flexibility index (Phi) is 3.88. The second kappa shape index (κ2) is 5.22. The third-order valence-electron chi connectivity index (χ3n) is 3.01. The topological polar surface area (TPSA) is 55.8 Å². The van der Waals surface area contributed by atoms with Crippen LogP contribution in [0.1, 0.15) is 30.6 Å². The molecule has 0 saturated heterocycles. The maximum absolute atomic E-state index is 12.2. The first-order valence-corrected chi connectivity index (χ1v) is 6.32. The Hall–Kier alpha value is -1.76. The average molecular weight is 304 g/mol. The molecule has 0 fully saturated rings. The molecule has 1 N–H and O–H groups in total. The minimum absolute atomic E-state index is 0.0943. The quantitative estimate of drug-likeness (QED) is 0.933. The van der Waals surface area contributed by atoms with Gasteiger partial charge < -0.3 is 14.6 Å². The smallest absolute Gasteiger partial charge is 0.417 e. The first kappa shape index (κ1) is 15.6. The monoisotopic (exact) mass is 304 g/mol. The number of rotatable bonds is 3. The van der Waals surface area contributed by atoms with E-state index in [2.05, 4.69) is 0 Å². The van der Waals surface area contributed by atoms with Crippen LogP contribution in [-0.2, 0) is 0 Å². The van der Waals surface area contributed by atoms with E-state index in [4.69, 9.17) is 14.6 Å². The van der Waals surface area contributed by atoms with Gasteiger partial charge in [-0.15, -0.1) is 0 Å². The second-order valence-corrected chi connectivity index (χ2v) is 5.49. The summed E-state index contributed by atoms with van der Waals surface area (Å²) in [6, 6.07) is 4.18. The average Bonchev–Trinajstić information content (AvgIpc) is 2.32. The summed E-state index contributed by atoms with van der Waals surface area (Å²) in [5, 5.41) is 8.88. The van der Waals surface area contributed by atoms with E-state index in [1.54, 1.807) is 13.8 Å². The van der Waals surface area contributed by atoms with Gasteiger partial charge in [-0.25, -0.2) is 0 Å². The van der Waals surface area contributed by atoms with Crippen LogP contribution in [0.4, 0.5) is 13.2 Å². The normalized spacial score (nSPS) is 18.7. The number of Topliss-reactive ketones (excluding diaryl/α,β-unsaturated/α-hetero) is 1. The van der Waals surface area contributed by atoms with E-state index in [9.17, 15) is 18.0 Å². The summed E-state index contributed by atoms with van der Waals surface area (Å²) in [6.45, 7) is 2.57. The zero-order valence-corrected chi connectivity index (χ0v) is 11.5. The molecule has 1 aromatic rings. The highest BCUT2D eigenvalue weighted by molar-refractivity contribution is 6.00. The number of carbonyl (C=O) groups excluding carboxylic acids is 1. The van der Waals surface area contributed by atoms with Crippen LogP contribution in [0.3, 0.4) is 0 Å². The van der Waals surface area contributed by atoms with Crippen molar-refractivity contribution < 1.29 is 32.5 Å². The number of ketones is 1. The molecule has 1 heterocycles. The van der Waals surface area contributed by atoms with Crippen molar-refractivity contribution in [3.8, 4) is 11.5 Å². The van der Waals surface area contributed by atoms with E-state index in [1.165, 1.54) is 18.2 Å². The van der Waals surface area contributed by atoms with Crippen LogP contribution in [0.25, 0.3) is 0 Å². The van der Waals surface area contributed by atoms with Gasteiger partial charge in [0.25, 0.3) is 0 Å². The molecule has 0 spiro atoms. The molecule has 4 nitrogen and oxygen atoms in total. The van der Waals surface area contributed by atoms with Gasteiger partial charge in [0.15, 0.2) is 11.9 Å². The molecule has 21 heavy (non-hydrogen) atoms. The molecule has 0 aliphatic carbocycles. The Balaban J connectivity index is 2.13. The lowest BCUT2D eigenvalue weighted by molar-refractivity contribution is -0.210. The summed E-state index contributed by atoms with van der Waals surface area (Å²) < 4.78 is 47.1. The van der Waals surface area contributed by atoms with Gasteiger partial charge in [-0.1, -0.05) is 0 Å². The van der Waals surface area contributed by atoms with E-state index in [-0.39, 0.29) is 23.7 Å². The van der Waals surface area contributed by atoms with Crippen LogP contribution in [-0.4, -0.2) is 35.4 Å². The fraction of sp³-hybridized carbons (Fsp3) is 0.500. The number of fused-ring (bicyclic) bond motifs is 1. The van der Waals surface area contributed by atoms with Crippen LogP contribution in [0, 0.1) is 0 Å². The van der Waals surface area contributed by atoms with Crippen LogP contribution in [0.2, 0.25) is 0 Å². The van der Waals surface area contributed by atoms with E-state index in [0.717, 1.165) is 0 Å². The highest BCUT2D eigenvalue weighted by Gasteiger charge is 2.39. The number of aliphatic hydroxyl groups is 1. The lowest BCUT2D eigenvalue weighted by atomic mass is 9.93. The van der Waals surface area contributed by atoms with Crippen molar-refractivity contribution in [3.05, 3.63) is 23.8 Å². The SMILES string of the molecule is CC1(C)CC(=O)c2ccc(OCC(O)C(F)(F)F)cc2O1. The molecule has 1 aliphatic heterocycles. The fourth-order valence-electron chi connectivity index (χ4n) is 1.99.